The predicted molar refractivity (Wildman–Crippen MR) is 76.9 cm³/mol. The van der Waals surface area contributed by atoms with Gasteiger partial charge in [0.25, 0.3) is 0 Å². The molecule has 0 radical (unpaired) electrons. The molecule has 4 nitrogen and oxygen atoms in total. The highest BCUT2D eigenvalue weighted by atomic mass is 16.5. The molecule has 0 aromatic carbocycles. The molecule has 19 heavy (non-hydrogen) atoms. The maximum absolute atomic E-state index is 11.6. The molecule has 108 valence electrons. The van der Waals surface area contributed by atoms with E-state index in [4.69, 9.17) is 4.74 Å². The van der Waals surface area contributed by atoms with E-state index in [1.807, 2.05) is 24.0 Å². The molecule has 0 amide bonds. The van der Waals surface area contributed by atoms with Crippen LogP contribution in [-0.2, 0) is 16.1 Å². The van der Waals surface area contributed by atoms with Crippen LogP contribution in [-0.4, -0.2) is 24.2 Å². The molecule has 1 unspecified atom stereocenters. The Kier molecular flexibility index (Phi) is 6.64. The Morgan fingerprint density at radius 3 is 2.79 bits per heavy atom. The van der Waals surface area contributed by atoms with Crippen LogP contribution in [0.1, 0.15) is 45.2 Å². The molecule has 0 bridgehead atoms. The molecule has 4 heteroatoms. The van der Waals surface area contributed by atoms with Gasteiger partial charge >= 0.3 is 5.97 Å². The summed E-state index contributed by atoms with van der Waals surface area (Å²) in [6, 6.07) is 2.37. The molecular formula is C15H26N2O2. The number of carbonyl (C=O) groups excluding carboxylic acids is 1. The first-order valence-corrected chi connectivity index (χ1v) is 7.07. The molecule has 1 atom stereocenters. The number of ether oxygens (including phenoxy) is 1. The van der Waals surface area contributed by atoms with Crippen LogP contribution in [0.4, 0.5) is 0 Å². The third-order valence-corrected chi connectivity index (χ3v) is 3.18. The van der Waals surface area contributed by atoms with Gasteiger partial charge in [0.1, 0.15) is 6.54 Å². The lowest BCUT2D eigenvalue weighted by atomic mass is 9.99. The normalized spacial score (nSPS) is 12.7. The largest absolute Gasteiger partial charge is 0.464 e. The summed E-state index contributed by atoms with van der Waals surface area (Å²) in [5.74, 6) is 0.346. The van der Waals surface area contributed by atoms with E-state index in [-0.39, 0.29) is 12.5 Å². The Morgan fingerprint density at radius 2 is 2.21 bits per heavy atom. The van der Waals surface area contributed by atoms with E-state index in [0.717, 1.165) is 12.8 Å². The second-order valence-electron chi connectivity index (χ2n) is 5.20. The number of carbonyl (C=O) groups is 1. The summed E-state index contributed by atoms with van der Waals surface area (Å²) >= 11 is 0. The lowest BCUT2D eigenvalue weighted by Gasteiger charge is -2.18. The summed E-state index contributed by atoms with van der Waals surface area (Å²) < 4.78 is 7.04. The van der Waals surface area contributed by atoms with Crippen LogP contribution in [0.5, 0.6) is 0 Å². The highest BCUT2D eigenvalue weighted by Crippen LogP contribution is 2.21. The van der Waals surface area contributed by atoms with Crippen LogP contribution >= 0.6 is 0 Å². The molecule has 0 aliphatic carbocycles. The van der Waals surface area contributed by atoms with Crippen LogP contribution < -0.4 is 5.32 Å². The summed E-state index contributed by atoms with van der Waals surface area (Å²) in [6.45, 7) is 7.25. The van der Waals surface area contributed by atoms with Gasteiger partial charge in [-0.1, -0.05) is 27.2 Å². The number of esters is 1. The molecule has 0 spiro atoms. The summed E-state index contributed by atoms with van der Waals surface area (Å²) in [7, 11) is 1.96. The average molecular weight is 266 g/mol. The number of aromatic nitrogens is 1. The number of nitrogens with one attached hydrogen (secondary N) is 1. The van der Waals surface area contributed by atoms with Crippen LogP contribution in [0.3, 0.4) is 0 Å². The van der Waals surface area contributed by atoms with Crippen molar-refractivity contribution in [1.29, 1.82) is 0 Å². The van der Waals surface area contributed by atoms with Crippen molar-refractivity contribution in [1.82, 2.24) is 9.88 Å². The molecule has 0 aliphatic heterocycles. The molecule has 1 rings (SSSR count). The predicted octanol–water partition coefficient (Wildman–Crippen LogP) is 2.75. The van der Waals surface area contributed by atoms with Gasteiger partial charge in [0, 0.05) is 18.4 Å². The van der Waals surface area contributed by atoms with Gasteiger partial charge in [-0.3, -0.25) is 4.79 Å². The van der Waals surface area contributed by atoms with Crippen LogP contribution in [0.25, 0.3) is 0 Å². The minimum absolute atomic E-state index is 0.166. The minimum atomic E-state index is -0.166. The zero-order chi connectivity index (χ0) is 14.3. The van der Waals surface area contributed by atoms with E-state index in [2.05, 4.69) is 32.2 Å². The van der Waals surface area contributed by atoms with Gasteiger partial charge in [0.15, 0.2) is 0 Å². The van der Waals surface area contributed by atoms with E-state index >= 15 is 0 Å². The van der Waals surface area contributed by atoms with Crippen molar-refractivity contribution in [2.75, 3.05) is 13.7 Å². The fraction of sp³-hybridized carbons (Fsp3) is 0.667. The van der Waals surface area contributed by atoms with Gasteiger partial charge in [0.2, 0.25) is 0 Å². The topological polar surface area (TPSA) is 43.3 Å². The van der Waals surface area contributed by atoms with Crippen LogP contribution in [0.15, 0.2) is 18.5 Å². The first kappa shape index (κ1) is 15.8. The molecular weight excluding hydrogens is 240 g/mol. The van der Waals surface area contributed by atoms with Gasteiger partial charge in [-0.15, -0.1) is 0 Å². The second kappa shape index (κ2) is 8.00. The monoisotopic (exact) mass is 266 g/mol. The van der Waals surface area contributed by atoms with Crippen LogP contribution in [0, 0.1) is 5.92 Å². The quantitative estimate of drug-likeness (QED) is 0.581. The molecule has 1 aromatic rings. The number of unbranched alkanes of at least 4 members (excludes halogenated alkanes) is 1. The van der Waals surface area contributed by atoms with E-state index in [0.29, 0.717) is 18.6 Å². The van der Waals surface area contributed by atoms with Gasteiger partial charge in [-0.25, -0.2) is 0 Å². The molecule has 0 fully saturated rings. The molecule has 1 aromatic heterocycles. The van der Waals surface area contributed by atoms with Crippen molar-refractivity contribution in [2.24, 2.45) is 5.92 Å². The highest BCUT2D eigenvalue weighted by Gasteiger charge is 2.15. The smallest absolute Gasteiger partial charge is 0.325 e. The Balaban J connectivity index is 2.52. The van der Waals surface area contributed by atoms with Gasteiger partial charge in [-0.2, -0.15) is 0 Å². The van der Waals surface area contributed by atoms with Crippen molar-refractivity contribution in [3.8, 4) is 0 Å². The maximum Gasteiger partial charge on any atom is 0.325 e. The summed E-state index contributed by atoms with van der Waals surface area (Å²) in [4.78, 5) is 11.6. The number of hydrogen-bond donors (Lipinski definition) is 1. The van der Waals surface area contributed by atoms with Gasteiger partial charge in [0.05, 0.1) is 6.61 Å². The summed E-state index contributed by atoms with van der Waals surface area (Å²) in [5.41, 5.74) is 1.21. The van der Waals surface area contributed by atoms with E-state index in [9.17, 15) is 4.79 Å². The average Bonchev–Trinajstić information content (AvgIpc) is 2.78. The number of hydrogen-bond acceptors (Lipinski definition) is 3. The molecule has 1 heterocycles. The molecule has 1 N–H and O–H groups in total. The van der Waals surface area contributed by atoms with Crippen molar-refractivity contribution >= 4 is 5.97 Å². The standard InChI is InChI=1S/C15H26N2O2/c1-5-6-9-19-14(18)11-17-8-7-13(10-17)15(16-4)12(2)3/h7-8,10,12,15-16H,5-6,9,11H2,1-4H3. The summed E-state index contributed by atoms with van der Waals surface area (Å²) in [6.07, 6.45) is 5.92. The third-order valence-electron chi connectivity index (χ3n) is 3.18. The first-order chi connectivity index (χ1) is 9.08. The minimum Gasteiger partial charge on any atom is -0.464 e. The Hall–Kier alpha value is -1.29. The Morgan fingerprint density at radius 1 is 1.47 bits per heavy atom. The highest BCUT2D eigenvalue weighted by molar-refractivity contribution is 5.69. The maximum atomic E-state index is 11.6. The molecule has 0 saturated carbocycles. The fourth-order valence-electron chi connectivity index (χ4n) is 2.15. The van der Waals surface area contributed by atoms with Crippen molar-refractivity contribution in [3.63, 3.8) is 0 Å². The zero-order valence-electron chi connectivity index (χ0n) is 12.5. The number of rotatable bonds is 8. The SMILES string of the molecule is CCCCOC(=O)Cn1ccc(C(NC)C(C)C)c1. The molecule has 0 saturated heterocycles. The van der Waals surface area contributed by atoms with Crippen molar-refractivity contribution in [2.45, 2.75) is 46.2 Å². The van der Waals surface area contributed by atoms with E-state index in [1.165, 1.54) is 5.56 Å². The van der Waals surface area contributed by atoms with Crippen LogP contribution in [0.2, 0.25) is 0 Å². The van der Waals surface area contributed by atoms with Crippen molar-refractivity contribution < 1.29 is 9.53 Å². The van der Waals surface area contributed by atoms with Gasteiger partial charge in [-0.05, 0) is 31.0 Å². The lowest BCUT2D eigenvalue weighted by molar-refractivity contribution is -0.144. The van der Waals surface area contributed by atoms with Crippen molar-refractivity contribution in [3.05, 3.63) is 24.0 Å². The third kappa shape index (κ3) is 5.07. The Labute approximate surface area is 116 Å². The Bertz CT molecular complexity index is 385. The fourth-order valence-corrected chi connectivity index (χ4v) is 2.15. The second-order valence-corrected chi connectivity index (χ2v) is 5.20. The molecule has 0 aliphatic rings. The van der Waals surface area contributed by atoms with E-state index in [1.54, 1.807) is 0 Å². The lowest BCUT2D eigenvalue weighted by Crippen LogP contribution is -2.21. The zero-order valence-corrected chi connectivity index (χ0v) is 12.5. The van der Waals surface area contributed by atoms with E-state index < -0.39 is 0 Å². The first-order valence-electron chi connectivity index (χ1n) is 7.07. The number of nitrogens with zero attached hydrogens (tertiary/aromatic N) is 1. The van der Waals surface area contributed by atoms with Gasteiger partial charge < -0.3 is 14.6 Å². The summed E-state index contributed by atoms with van der Waals surface area (Å²) in [5, 5.41) is 3.30.